The van der Waals surface area contributed by atoms with Crippen LogP contribution in [0.4, 0.5) is 5.82 Å². The van der Waals surface area contributed by atoms with Crippen molar-refractivity contribution in [2.24, 2.45) is 0 Å². The first kappa shape index (κ1) is 13.5. The number of nitrogens with zero attached hydrogens (tertiary/aromatic N) is 1. The normalized spacial score (nSPS) is 10.9. The quantitative estimate of drug-likeness (QED) is 0.642. The molecule has 5 nitrogen and oxygen atoms in total. The van der Waals surface area contributed by atoms with E-state index in [1.165, 1.54) is 6.20 Å². The Morgan fingerprint density at radius 3 is 2.35 bits per heavy atom. The van der Waals surface area contributed by atoms with E-state index in [9.17, 15) is 9.59 Å². The van der Waals surface area contributed by atoms with Gasteiger partial charge in [0, 0.05) is 17.8 Å². The van der Waals surface area contributed by atoms with Crippen molar-refractivity contribution in [3.8, 4) is 0 Å². The summed E-state index contributed by atoms with van der Waals surface area (Å²) in [6.45, 7) is 0. The molecule has 1 aromatic heterocycles. The number of aliphatic carboxylic acids is 1. The molecule has 5 heteroatoms. The Bertz CT molecular complexity index is 637. The predicted octanol–water partition coefficient (Wildman–Crippen LogP) is 2.34. The number of carbonyl (C=O) groups is 2. The lowest BCUT2D eigenvalue weighted by atomic mass is 10.1. The first-order valence-electron chi connectivity index (χ1n) is 5.89. The second-order valence-electron chi connectivity index (χ2n) is 3.93. The molecule has 20 heavy (non-hydrogen) atoms. The summed E-state index contributed by atoms with van der Waals surface area (Å²) in [6, 6.07) is 13.5. The van der Waals surface area contributed by atoms with E-state index in [2.05, 4.69) is 10.3 Å². The van der Waals surface area contributed by atoms with Gasteiger partial charge in [-0.05, 0) is 12.1 Å². The smallest absolute Gasteiger partial charge is 0.352 e. The SMILES string of the molecule is O=C(O)/C(=C/C(=O)c1ccccc1)Nc1ccccn1. The number of aromatic nitrogens is 1. The lowest BCUT2D eigenvalue weighted by molar-refractivity contribution is -0.132. The van der Waals surface area contributed by atoms with Crippen LogP contribution in [0, 0.1) is 0 Å². The van der Waals surface area contributed by atoms with Crippen LogP contribution in [-0.2, 0) is 4.79 Å². The average Bonchev–Trinajstić information content (AvgIpc) is 2.48. The molecule has 0 aliphatic rings. The van der Waals surface area contributed by atoms with Gasteiger partial charge in [-0.15, -0.1) is 0 Å². The zero-order valence-corrected chi connectivity index (χ0v) is 10.5. The summed E-state index contributed by atoms with van der Waals surface area (Å²) in [5.41, 5.74) is 0.201. The van der Waals surface area contributed by atoms with Gasteiger partial charge in [-0.1, -0.05) is 36.4 Å². The second-order valence-corrected chi connectivity index (χ2v) is 3.93. The van der Waals surface area contributed by atoms with Crippen LogP contribution in [0.5, 0.6) is 0 Å². The fourth-order valence-electron chi connectivity index (χ4n) is 1.54. The molecule has 0 fully saturated rings. The Hall–Kier alpha value is -2.95. The molecule has 0 bridgehead atoms. The zero-order valence-electron chi connectivity index (χ0n) is 10.5. The lowest BCUT2D eigenvalue weighted by Crippen LogP contribution is -2.13. The molecule has 0 unspecified atom stereocenters. The summed E-state index contributed by atoms with van der Waals surface area (Å²) in [4.78, 5) is 27.1. The van der Waals surface area contributed by atoms with Gasteiger partial charge in [-0.25, -0.2) is 9.78 Å². The third kappa shape index (κ3) is 3.52. The van der Waals surface area contributed by atoms with Gasteiger partial charge in [0.2, 0.25) is 0 Å². The average molecular weight is 268 g/mol. The molecule has 0 radical (unpaired) electrons. The van der Waals surface area contributed by atoms with Crippen molar-refractivity contribution < 1.29 is 14.7 Å². The minimum Gasteiger partial charge on any atom is -0.477 e. The molecular formula is C15H12N2O3. The van der Waals surface area contributed by atoms with E-state index in [4.69, 9.17) is 5.11 Å². The summed E-state index contributed by atoms with van der Waals surface area (Å²) in [7, 11) is 0. The van der Waals surface area contributed by atoms with Gasteiger partial charge < -0.3 is 10.4 Å². The van der Waals surface area contributed by atoms with Crippen LogP contribution in [-0.4, -0.2) is 21.8 Å². The number of nitrogens with one attached hydrogen (secondary N) is 1. The third-order valence-corrected chi connectivity index (χ3v) is 2.49. The molecule has 2 N–H and O–H groups in total. The number of pyridine rings is 1. The summed E-state index contributed by atoms with van der Waals surface area (Å²) < 4.78 is 0. The molecule has 0 aliphatic carbocycles. The van der Waals surface area contributed by atoms with E-state index in [1.807, 2.05) is 0 Å². The van der Waals surface area contributed by atoms with Crippen LogP contribution in [0.2, 0.25) is 0 Å². The number of ketones is 1. The minimum absolute atomic E-state index is 0.224. The Balaban J connectivity index is 2.23. The standard InChI is InChI=1S/C15H12N2O3/c18-13(11-6-2-1-3-7-11)10-12(15(19)20)17-14-8-4-5-9-16-14/h1-10H,(H,16,17)(H,19,20)/b12-10-. The molecule has 0 spiro atoms. The van der Waals surface area contributed by atoms with Crippen molar-refractivity contribution in [1.29, 1.82) is 0 Å². The third-order valence-electron chi connectivity index (χ3n) is 2.49. The molecule has 2 rings (SSSR count). The van der Waals surface area contributed by atoms with E-state index in [1.54, 1.807) is 48.5 Å². The van der Waals surface area contributed by atoms with Gasteiger partial charge in [0.05, 0.1) is 0 Å². The molecule has 0 aliphatic heterocycles. The number of benzene rings is 1. The summed E-state index contributed by atoms with van der Waals surface area (Å²) in [6.07, 6.45) is 2.58. The maximum atomic E-state index is 11.9. The van der Waals surface area contributed by atoms with E-state index in [-0.39, 0.29) is 11.5 Å². The highest BCUT2D eigenvalue weighted by molar-refractivity contribution is 6.09. The summed E-state index contributed by atoms with van der Waals surface area (Å²) in [5, 5.41) is 11.7. The molecule has 2 aromatic rings. The number of carbonyl (C=O) groups excluding carboxylic acids is 1. The molecule has 0 amide bonds. The largest absolute Gasteiger partial charge is 0.477 e. The first-order valence-corrected chi connectivity index (χ1v) is 5.89. The number of hydrogen-bond acceptors (Lipinski definition) is 4. The Morgan fingerprint density at radius 1 is 1.05 bits per heavy atom. The van der Waals surface area contributed by atoms with Gasteiger partial charge in [-0.3, -0.25) is 4.79 Å². The van der Waals surface area contributed by atoms with Crippen LogP contribution in [0.15, 0.2) is 66.5 Å². The van der Waals surface area contributed by atoms with Crippen molar-refractivity contribution in [3.63, 3.8) is 0 Å². The second kappa shape index (κ2) is 6.29. The highest BCUT2D eigenvalue weighted by Crippen LogP contribution is 2.08. The number of carboxylic acid groups (broad SMARTS) is 1. The number of rotatable bonds is 5. The van der Waals surface area contributed by atoms with Crippen molar-refractivity contribution in [3.05, 3.63) is 72.1 Å². The topological polar surface area (TPSA) is 79.3 Å². The van der Waals surface area contributed by atoms with E-state index < -0.39 is 5.97 Å². The monoisotopic (exact) mass is 268 g/mol. The predicted molar refractivity (Wildman–Crippen MR) is 74.4 cm³/mol. The van der Waals surface area contributed by atoms with E-state index in [0.717, 1.165) is 6.08 Å². The molecular weight excluding hydrogens is 256 g/mol. The number of hydrogen-bond donors (Lipinski definition) is 2. The Kier molecular flexibility index (Phi) is 4.24. The highest BCUT2D eigenvalue weighted by atomic mass is 16.4. The Labute approximate surface area is 115 Å². The van der Waals surface area contributed by atoms with Crippen molar-refractivity contribution in [1.82, 2.24) is 4.98 Å². The van der Waals surface area contributed by atoms with Crippen molar-refractivity contribution in [2.45, 2.75) is 0 Å². The van der Waals surface area contributed by atoms with Crippen molar-refractivity contribution >= 4 is 17.6 Å². The Morgan fingerprint density at radius 2 is 1.75 bits per heavy atom. The number of anilines is 1. The summed E-state index contributed by atoms with van der Waals surface area (Å²) in [5.74, 6) is -1.24. The zero-order chi connectivity index (χ0) is 14.4. The fraction of sp³-hybridized carbons (Fsp3) is 0. The highest BCUT2D eigenvalue weighted by Gasteiger charge is 2.11. The molecule has 1 aromatic carbocycles. The maximum absolute atomic E-state index is 11.9. The van der Waals surface area contributed by atoms with Crippen molar-refractivity contribution in [2.75, 3.05) is 5.32 Å². The van der Waals surface area contributed by atoms with Crippen LogP contribution in [0.1, 0.15) is 10.4 Å². The molecule has 1 heterocycles. The molecule has 0 atom stereocenters. The van der Waals surface area contributed by atoms with Gasteiger partial charge in [0.15, 0.2) is 5.78 Å². The first-order chi connectivity index (χ1) is 9.66. The van der Waals surface area contributed by atoms with Crippen LogP contribution in [0.3, 0.4) is 0 Å². The van der Waals surface area contributed by atoms with E-state index >= 15 is 0 Å². The van der Waals surface area contributed by atoms with Gasteiger partial charge in [0.1, 0.15) is 11.5 Å². The fourth-order valence-corrected chi connectivity index (χ4v) is 1.54. The number of allylic oxidation sites excluding steroid dienone is 1. The van der Waals surface area contributed by atoms with Crippen LogP contribution >= 0.6 is 0 Å². The number of carboxylic acids is 1. The molecule has 0 saturated heterocycles. The van der Waals surface area contributed by atoms with E-state index in [0.29, 0.717) is 11.4 Å². The van der Waals surface area contributed by atoms with Crippen LogP contribution in [0.25, 0.3) is 0 Å². The van der Waals surface area contributed by atoms with Gasteiger partial charge in [0.25, 0.3) is 0 Å². The summed E-state index contributed by atoms with van der Waals surface area (Å²) >= 11 is 0. The van der Waals surface area contributed by atoms with Gasteiger partial charge in [-0.2, -0.15) is 0 Å². The minimum atomic E-state index is -1.22. The molecule has 100 valence electrons. The van der Waals surface area contributed by atoms with Gasteiger partial charge >= 0.3 is 5.97 Å². The maximum Gasteiger partial charge on any atom is 0.352 e. The van der Waals surface area contributed by atoms with Crippen LogP contribution < -0.4 is 5.32 Å². The molecule has 0 saturated carbocycles. The lowest BCUT2D eigenvalue weighted by Gasteiger charge is -2.05.